The Labute approximate surface area is 108 Å². The highest BCUT2D eigenvalue weighted by Crippen LogP contribution is 2.17. The Balaban J connectivity index is 2.80. The van der Waals surface area contributed by atoms with Crippen molar-refractivity contribution in [1.82, 2.24) is 5.32 Å². The van der Waals surface area contributed by atoms with Gasteiger partial charge in [0.1, 0.15) is 22.8 Å². The van der Waals surface area contributed by atoms with Crippen molar-refractivity contribution in [2.24, 2.45) is 0 Å². The van der Waals surface area contributed by atoms with Crippen molar-refractivity contribution < 1.29 is 14.0 Å². The predicted molar refractivity (Wildman–Crippen MR) is 63.6 cm³/mol. The SMILES string of the molecule is CC(Cl)C(=O)NC(=O)Nc1cccc(F)c1C#N. The number of nitriles is 1. The number of hydrogen-bond acceptors (Lipinski definition) is 3. The third-order valence-electron chi connectivity index (χ3n) is 1.97. The van der Waals surface area contributed by atoms with E-state index in [1.165, 1.54) is 19.1 Å². The molecule has 0 saturated carbocycles. The second kappa shape index (κ2) is 5.98. The zero-order valence-corrected chi connectivity index (χ0v) is 10.1. The lowest BCUT2D eigenvalue weighted by Crippen LogP contribution is -2.38. The molecule has 0 aliphatic heterocycles. The standard InChI is InChI=1S/C11H9ClFN3O2/c1-6(12)10(17)16-11(18)15-9-4-2-3-8(13)7(9)5-14/h2-4,6H,1H3,(H2,15,16,17,18). The van der Waals surface area contributed by atoms with E-state index in [1.54, 1.807) is 6.07 Å². The fourth-order valence-electron chi connectivity index (χ4n) is 1.11. The van der Waals surface area contributed by atoms with Gasteiger partial charge < -0.3 is 5.32 Å². The van der Waals surface area contributed by atoms with Gasteiger partial charge in [-0.1, -0.05) is 6.07 Å². The van der Waals surface area contributed by atoms with E-state index in [2.05, 4.69) is 5.32 Å². The molecule has 7 heteroatoms. The summed E-state index contributed by atoms with van der Waals surface area (Å²) in [6.07, 6.45) is 0. The average molecular weight is 270 g/mol. The second-order valence-corrected chi connectivity index (χ2v) is 3.99. The van der Waals surface area contributed by atoms with Crippen molar-refractivity contribution in [3.8, 4) is 6.07 Å². The van der Waals surface area contributed by atoms with Gasteiger partial charge in [-0.25, -0.2) is 9.18 Å². The van der Waals surface area contributed by atoms with Crippen molar-refractivity contribution in [1.29, 1.82) is 5.26 Å². The molecule has 2 N–H and O–H groups in total. The largest absolute Gasteiger partial charge is 0.325 e. The molecule has 0 radical (unpaired) electrons. The quantitative estimate of drug-likeness (QED) is 0.805. The van der Waals surface area contributed by atoms with E-state index in [1.807, 2.05) is 5.32 Å². The minimum absolute atomic E-state index is 0.0231. The van der Waals surface area contributed by atoms with Gasteiger partial charge >= 0.3 is 6.03 Å². The third-order valence-corrected chi connectivity index (χ3v) is 2.17. The number of nitrogens with zero attached hydrogens (tertiary/aromatic N) is 1. The van der Waals surface area contributed by atoms with Crippen LogP contribution in [0.15, 0.2) is 18.2 Å². The maximum atomic E-state index is 13.2. The van der Waals surface area contributed by atoms with Crippen LogP contribution in [0.3, 0.4) is 0 Å². The summed E-state index contributed by atoms with van der Waals surface area (Å²) < 4.78 is 13.2. The van der Waals surface area contributed by atoms with Crippen molar-refractivity contribution in [2.75, 3.05) is 5.32 Å². The van der Waals surface area contributed by atoms with Crippen molar-refractivity contribution in [3.63, 3.8) is 0 Å². The van der Waals surface area contributed by atoms with E-state index in [4.69, 9.17) is 16.9 Å². The molecule has 1 rings (SSSR count). The molecule has 0 aliphatic rings. The smallest absolute Gasteiger partial charge is 0.306 e. The van der Waals surface area contributed by atoms with Crippen LogP contribution >= 0.6 is 11.6 Å². The number of alkyl halides is 1. The first-order chi connectivity index (χ1) is 8.45. The van der Waals surface area contributed by atoms with Crippen LogP contribution in [-0.4, -0.2) is 17.3 Å². The van der Waals surface area contributed by atoms with Gasteiger partial charge in [0.15, 0.2) is 0 Å². The fraction of sp³-hybridized carbons (Fsp3) is 0.182. The predicted octanol–water partition coefficient (Wildman–Crippen LogP) is 1.97. The summed E-state index contributed by atoms with van der Waals surface area (Å²) in [7, 11) is 0. The van der Waals surface area contributed by atoms with Gasteiger partial charge in [0.25, 0.3) is 0 Å². The number of benzene rings is 1. The normalized spacial score (nSPS) is 11.2. The zero-order chi connectivity index (χ0) is 13.7. The average Bonchev–Trinajstić information content (AvgIpc) is 2.28. The molecule has 0 bridgehead atoms. The van der Waals surface area contributed by atoms with Crippen LogP contribution in [0.1, 0.15) is 12.5 Å². The summed E-state index contributed by atoms with van der Waals surface area (Å²) in [5, 5.41) is 12.0. The number of halogens is 2. The molecule has 0 aliphatic carbocycles. The molecule has 1 atom stereocenters. The number of imide groups is 1. The van der Waals surface area contributed by atoms with E-state index in [0.717, 1.165) is 6.07 Å². The molecule has 0 aromatic heterocycles. The molecular weight excluding hydrogens is 261 g/mol. The molecule has 18 heavy (non-hydrogen) atoms. The lowest BCUT2D eigenvalue weighted by molar-refractivity contribution is -0.119. The highest BCUT2D eigenvalue weighted by atomic mass is 35.5. The van der Waals surface area contributed by atoms with E-state index >= 15 is 0 Å². The second-order valence-electron chi connectivity index (χ2n) is 3.33. The lowest BCUT2D eigenvalue weighted by Gasteiger charge is -2.09. The summed E-state index contributed by atoms with van der Waals surface area (Å²) >= 11 is 5.45. The first kappa shape index (κ1) is 13.9. The molecule has 0 saturated heterocycles. The van der Waals surface area contributed by atoms with Gasteiger partial charge in [-0.05, 0) is 19.1 Å². The zero-order valence-electron chi connectivity index (χ0n) is 9.33. The molecule has 1 unspecified atom stereocenters. The Morgan fingerprint density at radius 1 is 1.50 bits per heavy atom. The van der Waals surface area contributed by atoms with E-state index in [-0.39, 0.29) is 11.3 Å². The van der Waals surface area contributed by atoms with Gasteiger partial charge in [0, 0.05) is 0 Å². The molecule has 5 nitrogen and oxygen atoms in total. The van der Waals surface area contributed by atoms with Gasteiger partial charge in [0.05, 0.1) is 5.69 Å². The highest BCUT2D eigenvalue weighted by molar-refractivity contribution is 6.31. The maximum Gasteiger partial charge on any atom is 0.325 e. The molecule has 3 amide bonds. The first-order valence-electron chi connectivity index (χ1n) is 4.90. The fourth-order valence-corrected chi connectivity index (χ4v) is 1.16. The molecule has 1 aromatic rings. The Kier molecular flexibility index (Phi) is 4.63. The Bertz CT molecular complexity index is 526. The monoisotopic (exact) mass is 269 g/mol. The summed E-state index contributed by atoms with van der Waals surface area (Å²) in [6.45, 7) is 1.40. The van der Waals surface area contributed by atoms with E-state index in [0.29, 0.717) is 0 Å². The van der Waals surface area contributed by atoms with Crippen molar-refractivity contribution in [2.45, 2.75) is 12.3 Å². The Morgan fingerprint density at radius 3 is 2.72 bits per heavy atom. The maximum absolute atomic E-state index is 13.2. The topological polar surface area (TPSA) is 82.0 Å². The number of rotatable bonds is 2. The van der Waals surface area contributed by atoms with Crippen LogP contribution < -0.4 is 10.6 Å². The summed E-state index contributed by atoms with van der Waals surface area (Å²) in [5.41, 5.74) is -0.330. The van der Waals surface area contributed by atoms with Crippen LogP contribution in [0.4, 0.5) is 14.9 Å². The number of carbonyl (C=O) groups is 2. The minimum Gasteiger partial charge on any atom is -0.306 e. The van der Waals surface area contributed by atoms with Crippen molar-refractivity contribution >= 4 is 29.2 Å². The first-order valence-corrected chi connectivity index (χ1v) is 5.34. The third kappa shape index (κ3) is 3.43. The highest BCUT2D eigenvalue weighted by Gasteiger charge is 2.15. The number of amides is 3. The molecule has 94 valence electrons. The number of carbonyl (C=O) groups excluding carboxylic acids is 2. The minimum atomic E-state index is -0.880. The number of hydrogen-bond donors (Lipinski definition) is 2. The molecule has 0 spiro atoms. The van der Waals surface area contributed by atoms with Crippen molar-refractivity contribution in [3.05, 3.63) is 29.6 Å². The molecule has 0 heterocycles. The van der Waals surface area contributed by atoms with Gasteiger partial charge in [-0.15, -0.1) is 11.6 Å². The molecule has 1 aromatic carbocycles. The van der Waals surface area contributed by atoms with Gasteiger partial charge in [-0.3, -0.25) is 10.1 Å². The Hall–Kier alpha value is -2.13. The van der Waals surface area contributed by atoms with Crippen LogP contribution in [0.5, 0.6) is 0 Å². The Morgan fingerprint density at radius 2 is 2.17 bits per heavy atom. The van der Waals surface area contributed by atoms with E-state index < -0.39 is 23.1 Å². The molecule has 0 fully saturated rings. The number of anilines is 1. The number of nitrogens with one attached hydrogen (secondary N) is 2. The van der Waals surface area contributed by atoms with Gasteiger partial charge in [0.2, 0.25) is 5.91 Å². The van der Waals surface area contributed by atoms with E-state index in [9.17, 15) is 14.0 Å². The number of urea groups is 1. The van der Waals surface area contributed by atoms with Crippen LogP contribution in [0, 0.1) is 17.1 Å². The molecular formula is C11H9ClFN3O2. The van der Waals surface area contributed by atoms with Crippen LogP contribution in [0.25, 0.3) is 0 Å². The summed E-state index contributed by atoms with van der Waals surface area (Å²) in [6, 6.07) is 4.50. The van der Waals surface area contributed by atoms with Crippen LogP contribution in [0.2, 0.25) is 0 Å². The van der Waals surface area contributed by atoms with Crippen LogP contribution in [-0.2, 0) is 4.79 Å². The lowest BCUT2D eigenvalue weighted by atomic mass is 10.2. The van der Waals surface area contributed by atoms with Gasteiger partial charge in [-0.2, -0.15) is 5.26 Å². The summed E-state index contributed by atoms with van der Waals surface area (Å²) in [4.78, 5) is 22.5. The summed E-state index contributed by atoms with van der Waals surface area (Å²) in [5.74, 6) is -1.45.